The quantitative estimate of drug-likeness (QED) is 0.353. The number of allylic oxidation sites excluding steroid dienone is 3. The van der Waals surface area contributed by atoms with Gasteiger partial charge in [0.25, 0.3) is 0 Å². The number of fused-ring (bicyclic) bond motifs is 2. The smallest absolute Gasteiger partial charge is 0.135 e. The maximum Gasteiger partial charge on any atom is 0.135 e. The molecular weight excluding hydrogens is 400 g/mol. The summed E-state index contributed by atoms with van der Waals surface area (Å²) in [5, 5.41) is 11.8. The molecule has 8 nitrogen and oxygen atoms in total. The molecule has 0 unspecified atom stereocenters. The number of aromatic amines is 2. The van der Waals surface area contributed by atoms with Gasteiger partial charge in [-0.15, -0.1) is 0 Å². The molecule has 5 N–H and O–H groups in total. The third kappa shape index (κ3) is 3.02. The van der Waals surface area contributed by atoms with Crippen molar-refractivity contribution in [3.8, 4) is 22.5 Å². The fourth-order valence-electron chi connectivity index (χ4n) is 3.89. The fraction of sp³-hybridized carbons (Fsp3) is 0. The number of pyridine rings is 3. The first-order valence-electron chi connectivity index (χ1n) is 10.1. The van der Waals surface area contributed by atoms with E-state index in [4.69, 9.17) is 10.7 Å². The van der Waals surface area contributed by atoms with Crippen LogP contribution in [0.25, 0.3) is 50.0 Å². The van der Waals surface area contributed by atoms with E-state index in [1.54, 1.807) is 18.6 Å². The van der Waals surface area contributed by atoms with Gasteiger partial charge in [-0.25, -0.2) is 4.98 Å². The number of nitrogens with zero attached hydrogens (tertiary/aromatic N) is 4. The van der Waals surface area contributed by atoms with Crippen molar-refractivity contribution in [1.82, 2.24) is 35.5 Å². The Balaban J connectivity index is 1.49. The van der Waals surface area contributed by atoms with Gasteiger partial charge in [0.15, 0.2) is 0 Å². The summed E-state index contributed by atoms with van der Waals surface area (Å²) in [4.78, 5) is 16.9. The lowest BCUT2D eigenvalue weighted by Gasteiger charge is -2.03. The van der Waals surface area contributed by atoms with Crippen LogP contribution in [-0.2, 0) is 0 Å². The van der Waals surface area contributed by atoms with Crippen molar-refractivity contribution in [3.05, 3.63) is 91.1 Å². The Labute approximate surface area is 182 Å². The second kappa shape index (κ2) is 7.21. The summed E-state index contributed by atoms with van der Waals surface area (Å²) in [6.07, 6.45) is 14.6. The fourth-order valence-corrected chi connectivity index (χ4v) is 3.89. The van der Waals surface area contributed by atoms with Gasteiger partial charge < -0.3 is 16.0 Å². The second-order valence-corrected chi connectivity index (χ2v) is 7.48. The summed E-state index contributed by atoms with van der Waals surface area (Å²) in [5.74, 6) is 0. The van der Waals surface area contributed by atoms with E-state index in [0.29, 0.717) is 5.70 Å². The SMILES string of the molecule is NC1=CC(c2ccc3[nH]nc(-c4cc5c(-c6ccncc6)cncc5[nH]4)c3n2)=CNC=C1. The Morgan fingerprint density at radius 2 is 1.84 bits per heavy atom. The van der Waals surface area contributed by atoms with Crippen molar-refractivity contribution in [1.29, 1.82) is 0 Å². The zero-order valence-electron chi connectivity index (χ0n) is 16.9. The molecule has 0 fully saturated rings. The van der Waals surface area contributed by atoms with Gasteiger partial charge in [0.2, 0.25) is 0 Å². The molecule has 0 bridgehead atoms. The maximum absolute atomic E-state index is 6.01. The van der Waals surface area contributed by atoms with Gasteiger partial charge >= 0.3 is 0 Å². The zero-order chi connectivity index (χ0) is 21.5. The number of nitrogens with one attached hydrogen (secondary N) is 3. The van der Waals surface area contributed by atoms with Crippen molar-refractivity contribution in [2.75, 3.05) is 0 Å². The molecule has 1 aliphatic heterocycles. The van der Waals surface area contributed by atoms with E-state index in [1.165, 1.54) is 0 Å². The van der Waals surface area contributed by atoms with Crippen LogP contribution in [0.3, 0.4) is 0 Å². The molecule has 8 heteroatoms. The predicted molar refractivity (Wildman–Crippen MR) is 125 cm³/mol. The van der Waals surface area contributed by atoms with Gasteiger partial charge in [-0.2, -0.15) is 5.10 Å². The summed E-state index contributed by atoms with van der Waals surface area (Å²) in [6.45, 7) is 0. The highest BCUT2D eigenvalue weighted by atomic mass is 15.1. The van der Waals surface area contributed by atoms with Gasteiger partial charge in [0, 0.05) is 53.2 Å². The molecule has 0 aliphatic carbocycles. The molecule has 5 aromatic heterocycles. The highest BCUT2D eigenvalue weighted by molar-refractivity contribution is 5.99. The first-order valence-corrected chi connectivity index (χ1v) is 10.1. The minimum Gasteiger partial charge on any atom is -0.399 e. The third-order valence-corrected chi connectivity index (χ3v) is 5.43. The van der Waals surface area contributed by atoms with Crippen molar-refractivity contribution >= 4 is 27.5 Å². The molecule has 154 valence electrons. The molecule has 6 rings (SSSR count). The van der Waals surface area contributed by atoms with Gasteiger partial charge in [-0.05, 0) is 48.0 Å². The minimum absolute atomic E-state index is 0.655. The highest BCUT2D eigenvalue weighted by Crippen LogP contribution is 2.33. The van der Waals surface area contributed by atoms with E-state index in [0.717, 1.165) is 55.7 Å². The van der Waals surface area contributed by atoms with E-state index in [9.17, 15) is 0 Å². The monoisotopic (exact) mass is 418 g/mol. The average molecular weight is 418 g/mol. The summed E-state index contributed by atoms with van der Waals surface area (Å²) in [7, 11) is 0. The van der Waals surface area contributed by atoms with Crippen molar-refractivity contribution in [2.45, 2.75) is 0 Å². The van der Waals surface area contributed by atoms with Gasteiger partial charge in [0.05, 0.1) is 28.6 Å². The molecule has 32 heavy (non-hydrogen) atoms. The van der Waals surface area contributed by atoms with Crippen LogP contribution in [0.1, 0.15) is 5.69 Å². The molecule has 6 heterocycles. The molecule has 0 saturated heterocycles. The molecule has 0 aromatic carbocycles. The summed E-state index contributed by atoms with van der Waals surface area (Å²) >= 11 is 0. The topological polar surface area (TPSA) is 121 Å². The Morgan fingerprint density at radius 3 is 2.75 bits per heavy atom. The molecule has 5 aromatic rings. The molecule has 0 amide bonds. The number of rotatable bonds is 3. The summed E-state index contributed by atoms with van der Waals surface area (Å²) in [6, 6.07) is 9.96. The zero-order valence-corrected chi connectivity index (χ0v) is 16.9. The van der Waals surface area contributed by atoms with Crippen molar-refractivity contribution in [2.24, 2.45) is 5.73 Å². The number of aromatic nitrogens is 6. The molecule has 0 radical (unpaired) electrons. The Bertz CT molecular complexity index is 1550. The standard InChI is InChI=1S/C24H18N8/c25-16-5-8-27-11-15(9-16)19-1-2-20-23(30-19)24(32-31-20)21-10-17-18(12-28-13-22(17)29-21)14-3-6-26-7-4-14/h1-13,27,29H,25H2,(H,31,32). The number of H-pyrrole nitrogens is 2. The van der Waals surface area contributed by atoms with Crippen LogP contribution < -0.4 is 11.1 Å². The number of nitrogens with two attached hydrogens (primary N) is 1. The molecule has 0 atom stereocenters. The van der Waals surface area contributed by atoms with Crippen LogP contribution in [0.2, 0.25) is 0 Å². The molecule has 0 spiro atoms. The van der Waals surface area contributed by atoms with E-state index in [2.05, 4.69) is 36.5 Å². The van der Waals surface area contributed by atoms with Crippen LogP contribution in [0.4, 0.5) is 0 Å². The Morgan fingerprint density at radius 1 is 0.938 bits per heavy atom. The first-order chi connectivity index (χ1) is 15.8. The largest absolute Gasteiger partial charge is 0.399 e. The normalized spacial score (nSPS) is 13.6. The molecule has 0 saturated carbocycles. The molecule has 1 aliphatic rings. The summed E-state index contributed by atoms with van der Waals surface area (Å²) < 4.78 is 0. The van der Waals surface area contributed by atoms with Crippen LogP contribution in [0, 0.1) is 0 Å². The summed E-state index contributed by atoms with van der Waals surface area (Å²) in [5.41, 5.74) is 14.6. The number of hydrogen-bond acceptors (Lipinski definition) is 6. The van der Waals surface area contributed by atoms with Gasteiger partial charge in [-0.1, -0.05) is 0 Å². The van der Waals surface area contributed by atoms with E-state index < -0.39 is 0 Å². The first kappa shape index (κ1) is 18.1. The number of hydrogen-bond donors (Lipinski definition) is 4. The van der Waals surface area contributed by atoms with E-state index in [1.807, 2.05) is 55.0 Å². The molecular formula is C24H18N8. The Kier molecular flexibility index (Phi) is 4.07. The lowest BCUT2D eigenvalue weighted by atomic mass is 10.1. The lowest BCUT2D eigenvalue weighted by molar-refractivity contribution is 1.12. The Hall–Kier alpha value is -4.72. The van der Waals surface area contributed by atoms with Crippen LogP contribution >= 0.6 is 0 Å². The maximum atomic E-state index is 6.01. The van der Waals surface area contributed by atoms with Gasteiger partial charge in [0.1, 0.15) is 11.2 Å². The lowest BCUT2D eigenvalue weighted by Crippen LogP contribution is -1.95. The minimum atomic E-state index is 0.655. The van der Waals surface area contributed by atoms with Crippen LogP contribution in [0.15, 0.2) is 85.4 Å². The van der Waals surface area contributed by atoms with Crippen molar-refractivity contribution in [3.63, 3.8) is 0 Å². The van der Waals surface area contributed by atoms with E-state index in [-0.39, 0.29) is 0 Å². The van der Waals surface area contributed by atoms with Crippen LogP contribution in [-0.4, -0.2) is 30.1 Å². The van der Waals surface area contributed by atoms with Gasteiger partial charge in [-0.3, -0.25) is 15.1 Å². The third-order valence-electron chi connectivity index (χ3n) is 5.43. The van der Waals surface area contributed by atoms with Crippen molar-refractivity contribution < 1.29 is 0 Å². The second-order valence-electron chi connectivity index (χ2n) is 7.48. The van der Waals surface area contributed by atoms with Crippen LogP contribution in [0.5, 0.6) is 0 Å². The highest BCUT2D eigenvalue weighted by Gasteiger charge is 2.16. The van der Waals surface area contributed by atoms with E-state index >= 15 is 0 Å². The predicted octanol–water partition coefficient (Wildman–Crippen LogP) is 3.86. The average Bonchev–Trinajstić information content (AvgIpc) is 3.38.